The third-order valence-corrected chi connectivity index (χ3v) is 11.5. The maximum atomic E-state index is 14.3. The summed E-state index contributed by atoms with van der Waals surface area (Å²) >= 11 is 1.17. The standard InChI is InChI=1S/C33H33FN2O5S2/c1-3-33(17-20-4-5-21(14-20)18-33)25-12-10-23(11-13-25)22-6-8-24(9-7-22)31-35-30(19-42-31)43(39,40)36-28-16-27(34)26(32(37)38)15-29(28)41-2/h6-13,15-16,19-21,36H,3-5,14,17-18H2,1-2H3,(H,37,38)/t20-,21?,33?/m0/s1. The summed E-state index contributed by atoms with van der Waals surface area (Å²) in [4.78, 5) is 15.5. The highest BCUT2D eigenvalue weighted by atomic mass is 32.2. The molecule has 2 bridgehead atoms. The summed E-state index contributed by atoms with van der Waals surface area (Å²) in [6, 6.07) is 18.6. The highest BCUT2D eigenvalue weighted by Crippen LogP contribution is 2.53. The highest BCUT2D eigenvalue weighted by molar-refractivity contribution is 7.92. The Bertz CT molecular complexity index is 1760. The van der Waals surface area contributed by atoms with Crippen LogP contribution < -0.4 is 9.46 Å². The molecule has 0 amide bonds. The van der Waals surface area contributed by atoms with Crippen molar-refractivity contribution in [1.29, 1.82) is 0 Å². The number of carboxylic acids is 1. The van der Waals surface area contributed by atoms with Gasteiger partial charge in [0.1, 0.15) is 16.6 Å². The largest absolute Gasteiger partial charge is 0.495 e. The molecule has 6 rings (SSSR count). The van der Waals surface area contributed by atoms with Crippen LogP contribution in [0.25, 0.3) is 21.7 Å². The lowest BCUT2D eigenvalue weighted by Gasteiger charge is -2.41. The summed E-state index contributed by atoms with van der Waals surface area (Å²) in [6.07, 6.45) is 7.96. The molecule has 2 aliphatic carbocycles. The van der Waals surface area contributed by atoms with Crippen molar-refractivity contribution in [2.75, 3.05) is 11.8 Å². The van der Waals surface area contributed by atoms with Gasteiger partial charge in [0.2, 0.25) is 0 Å². The molecule has 0 radical (unpaired) electrons. The lowest BCUT2D eigenvalue weighted by molar-refractivity contribution is 0.0691. The summed E-state index contributed by atoms with van der Waals surface area (Å²) in [5.41, 5.74) is 3.85. The monoisotopic (exact) mass is 620 g/mol. The number of anilines is 1. The van der Waals surface area contributed by atoms with Gasteiger partial charge in [0.05, 0.1) is 18.4 Å². The van der Waals surface area contributed by atoms with Gasteiger partial charge in [-0.05, 0) is 65.7 Å². The zero-order valence-electron chi connectivity index (χ0n) is 24.0. The van der Waals surface area contributed by atoms with Gasteiger partial charge in [-0.15, -0.1) is 11.3 Å². The van der Waals surface area contributed by atoms with Gasteiger partial charge in [-0.25, -0.2) is 14.2 Å². The summed E-state index contributed by atoms with van der Waals surface area (Å²) in [5.74, 6) is -0.964. The number of nitrogens with zero attached hydrogens (tertiary/aromatic N) is 1. The molecule has 3 aromatic carbocycles. The Labute approximate surface area is 254 Å². The number of benzene rings is 3. The number of nitrogens with one attached hydrogen (secondary N) is 1. The summed E-state index contributed by atoms with van der Waals surface area (Å²) in [6.45, 7) is 2.33. The number of aromatic nitrogens is 1. The number of rotatable bonds is 9. The maximum Gasteiger partial charge on any atom is 0.338 e. The normalized spacial score (nSPS) is 21.5. The van der Waals surface area contributed by atoms with Crippen molar-refractivity contribution in [3.63, 3.8) is 0 Å². The predicted molar refractivity (Wildman–Crippen MR) is 166 cm³/mol. The van der Waals surface area contributed by atoms with Crippen LogP contribution in [0.5, 0.6) is 5.75 Å². The molecule has 4 aromatic rings. The Morgan fingerprint density at radius 3 is 2.23 bits per heavy atom. The molecule has 3 atom stereocenters. The van der Waals surface area contributed by atoms with Crippen LogP contribution in [-0.4, -0.2) is 31.6 Å². The van der Waals surface area contributed by atoms with E-state index in [9.17, 15) is 17.6 Å². The Morgan fingerprint density at radius 1 is 1.05 bits per heavy atom. The van der Waals surface area contributed by atoms with E-state index in [2.05, 4.69) is 40.9 Å². The molecule has 2 fully saturated rings. The van der Waals surface area contributed by atoms with Crippen molar-refractivity contribution in [2.45, 2.75) is 55.9 Å². The minimum absolute atomic E-state index is 0.128. The van der Waals surface area contributed by atoms with E-state index in [0.717, 1.165) is 40.7 Å². The Hall–Kier alpha value is -3.76. The molecule has 7 nitrogen and oxygen atoms in total. The molecule has 0 aliphatic heterocycles. The minimum Gasteiger partial charge on any atom is -0.495 e. The first-order valence-electron chi connectivity index (χ1n) is 14.4. The van der Waals surface area contributed by atoms with Crippen LogP contribution in [0.2, 0.25) is 0 Å². The van der Waals surface area contributed by atoms with Gasteiger partial charge < -0.3 is 9.84 Å². The van der Waals surface area contributed by atoms with Gasteiger partial charge in [-0.1, -0.05) is 68.3 Å². The van der Waals surface area contributed by atoms with E-state index in [0.29, 0.717) is 10.4 Å². The quantitative estimate of drug-likeness (QED) is 0.197. The zero-order chi connectivity index (χ0) is 30.4. The topological polar surface area (TPSA) is 106 Å². The summed E-state index contributed by atoms with van der Waals surface area (Å²) < 4.78 is 47.7. The fourth-order valence-electron chi connectivity index (χ4n) is 6.97. The maximum absolute atomic E-state index is 14.3. The Balaban J connectivity index is 1.18. The van der Waals surface area contributed by atoms with Crippen molar-refractivity contribution in [3.05, 3.63) is 83.0 Å². The van der Waals surface area contributed by atoms with E-state index in [4.69, 9.17) is 9.84 Å². The molecular formula is C33H33FN2O5S2. The fraction of sp³-hybridized carbons (Fsp3) is 0.333. The Morgan fingerprint density at radius 2 is 1.65 bits per heavy atom. The summed E-state index contributed by atoms with van der Waals surface area (Å²) in [7, 11) is -2.97. The number of sulfonamides is 1. The number of methoxy groups -OCH3 is 1. The number of hydrogen-bond donors (Lipinski definition) is 2. The van der Waals surface area contributed by atoms with Gasteiger partial charge in [0.15, 0.2) is 5.03 Å². The number of fused-ring (bicyclic) bond motifs is 2. The van der Waals surface area contributed by atoms with Gasteiger partial charge in [0.25, 0.3) is 10.0 Å². The van der Waals surface area contributed by atoms with Crippen LogP contribution in [-0.2, 0) is 15.4 Å². The molecular weight excluding hydrogens is 588 g/mol. The van der Waals surface area contributed by atoms with E-state index < -0.39 is 27.4 Å². The zero-order valence-corrected chi connectivity index (χ0v) is 25.6. The number of thiazole rings is 1. The van der Waals surface area contributed by atoms with Crippen molar-refractivity contribution in [1.82, 2.24) is 4.98 Å². The molecule has 0 saturated heterocycles. The molecule has 1 heterocycles. The van der Waals surface area contributed by atoms with Crippen molar-refractivity contribution in [2.24, 2.45) is 11.8 Å². The van der Waals surface area contributed by atoms with E-state index in [-0.39, 0.29) is 16.5 Å². The van der Waals surface area contributed by atoms with Crippen molar-refractivity contribution >= 4 is 33.0 Å². The first-order chi connectivity index (χ1) is 20.6. The third kappa shape index (κ3) is 5.65. The average Bonchev–Trinajstić information content (AvgIpc) is 3.64. The Kier molecular flexibility index (Phi) is 7.76. The van der Waals surface area contributed by atoms with E-state index in [1.807, 2.05) is 24.3 Å². The van der Waals surface area contributed by atoms with E-state index >= 15 is 0 Å². The predicted octanol–water partition coefficient (Wildman–Crippen LogP) is 7.98. The van der Waals surface area contributed by atoms with Crippen LogP contribution in [0.3, 0.4) is 0 Å². The lowest BCUT2D eigenvalue weighted by atomic mass is 9.64. The lowest BCUT2D eigenvalue weighted by Crippen LogP contribution is -2.33. The van der Waals surface area contributed by atoms with Crippen LogP contribution in [0.4, 0.5) is 10.1 Å². The molecule has 10 heteroatoms. The molecule has 2 aliphatic rings. The number of aromatic carboxylic acids is 1. The highest BCUT2D eigenvalue weighted by Gasteiger charge is 2.43. The number of halogens is 1. The van der Waals surface area contributed by atoms with Gasteiger partial charge in [0, 0.05) is 17.0 Å². The smallest absolute Gasteiger partial charge is 0.338 e. The molecule has 224 valence electrons. The number of carbonyl (C=O) groups is 1. The van der Waals surface area contributed by atoms with E-state index in [1.165, 1.54) is 67.9 Å². The second-order valence-corrected chi connectivity index (χ2v) is 14.2. The first-order valence-corrected chi connectivity index (χ1v) is 16.8. The van der Waals surface area contributed by atoms with Crippen LogP contribution in [0, 0.1) is 17.7 Å². The number of carboxylic acid groups (broad SMARTS) is 1. The molecule has 2 saturated carbocycles. The fourth-order valence-corrected chi connectivity index (χ4v) is 9.13. The van der Waals surface area contributed by atoms with Crippen LogP contribution >= 0.6 is 11.3 Å². The second-order valence-electron chi connectivity index (χ2n) is 11.7. The second kappa shape index (κ2) is 11.4. The minimum atomic E-state index is -4.20. The van der Waals surface area contributed by atoms with Gasteiger partial charge >= 0.3 is 5.97 Å². The molecule has 2 N–H and O–H groups in total. The third-order valence-electron chi connectivity index (χ3n) is 9.17. The molecule has 0 spiro atoms. The molecule has 43 heavy (non-hydrogen) atoms. The van der Waals surface area contributed by atoms with E-state index in [1.54, 1.807) is 0 Å². The average molecular weight is 621 g/mol. The molecule has 2 unspecified atom stereocenters. The number of ether oxygens (including phenoxy) is 1. The summed E-state index contributed by atoms with van der Waals surface area (Å²) in [5, 5.41) is 10.8. The van der Waals surface area contributed by atoms with Crippen LogP contribution in [0.1, 0.15) is 61.4 Å². The van der Waals surface area contributed by atoms with Crippen LogP contribution in [0.15, 0.2) is 71.1 Å². The SMILES string of the molecule is CCC1(c2ccc(-c3ccc(-c4nc(S(=O)(=O)Nc5cc(F)c(C(=O)O)cc5OC)cs4)cc3)cc2)CC2CC[C@@H](C2)C1. The first kappa shape index (κ1) is 29.3. The van der Waals surface area contributed by atoms with Gasteiger partial charge in [-0.2, -0.15) is 8.42 Å². The van der Waals surface area contributed by atoms with Gasteiger partial charge in [-0.3, -0.25) is 4.72 Å². The van der Waals surface area contributed by atoms with Crippen molar-refractivity contribution in [3.8, 4) is 27.4 Å². The molecule has 1 aromatic heterocycles. The van der Waals surface area contributed by atoms with Crippen molar-refractivity contribution < 1.29 is 27.4 Å². The number of hydrogen-bond acceptors (Lipinski definition) is 6.